The van der Waals surface area contributed by atoms with E-state index in [1.54, 1.807) is 6.07 Å². The molecule has 3 aromatic rings. The van der Waals surface area contributed by atoms with Crippen molar-refractivity contribution in [2.24, 2.45) is 0 Å². The lowest BCUT2D eigenvalue weighted by Crippen LogP contribution is -2.22. The van der Waals surface area contributed by atoms with Gasteiger partial charge in [0, 0.05) is 19.5 Å². The second kappa shape index (κ2) is 7.80. The summed E-state index contributed by atoms with van der Waals surface area (Å²) in [5, 5.41) is 0.896. The number of H-pyrrole nitrogens is 1. The molecule has 2 heterocycles. The quantitative estimate of drug-likeness (QED) is 0.715. The van der Waals surface area contributed by atoms with Crippen LogP contribution >= 0.6 is 11.6 Å². The van der Waals surface area contributed by atoms with Crippen molar-refractivity contribution in [3.8, 4) is 0 Å². The molecule has 0 unspecified atom stereocenters. The lowest BCUT2D eigenvalue weighted by atomic mass is 10.0. The molecule has 1 aliphatic rings. The van der Waals surface area contributed by atoms with Gasteiger partial charge < -0.3 is 9.88 Å². The highest BCUT2D eigenvalue weighted by Crippen LogP contribution is 2.20. The smallest absolute Gasteiger partial charge is 0.260 e. The van der Waals surface area contributed by atoms with Crippen LogP contribution in [-0.2, 0) is 6.42 Å². The molecule has 27 heavy (non-hydrogen) atoms. The molecule has 0 aliphatic carbocycles. The number of benzene rings is 2. The van der Waals surface area contributed by atoms with E-state index in [2.05, 4.69) is 57.5 Å². The number of aryl methyl sites for hydroxylation is 1. The third-order valence-corrected chi connectivity index (χ3v) is 5.02. The van der Waals surface area contributed by atoms with Gasteiger partial charge in [0.2, 0.25) is 0 Å². The number of hydrogen-bond donors (Lipinski definition) is 1. The second-order valence-electron chi connectivity index (χ2n) is 6.59. The molecule has 1 aromatic heterocycles. The Bertz CT molecular complexity index is 1070. The average Bonchev–Trinajstić information content (AvgIpc) is 2.69. The Morgan fingerprint density at radius 3 is 2.74 bits per heavy atom. The van der Waals surface area contributed by atoms with Gasteiger partial charge in [-0.15, -0.1) is 0 Å². The van der Waals surface area contributed by atoms with Crippen LogP contribution in [-0.4, -0.2) is 28.0 Å². The lowest BCUT2D eigenvalue weighted by molar-refractivity contribution is 0.402. The van der Waals surface area contributed by atoms with Crippen molar-refractivity contribution in [1.29, 1.82) is 0 Å². The van der Waals surface area contributed by atoms with Crippen molar-refractivity contribution in [2.75, 3.05) is 13.1 Å². The molecule has 0 saturated heterocycles. The Kier molecular flexibility index (Phi) is 5.07. The maximum atomic E-state index is 12.2. The number of rotatable bonds is 5. The van der Waals surface area contributed by atoms with Gasteiger partial charge in [0.15, 0.2) is 0 Å². The monoisotopic (exact) mass is 377 g/mol. The Hall–Kier alpha value is -2.85. The fraction of sp³-hybridized carbons (Fsp3) is 0.182. The van der Waals surface area contributed by atoms with E-state index in [1.165, 1.54) is 11.1 Å². The molecule has 0 atom stereocenters. The van der Waals surface area contributed by atoms with Crippen LogP contribution in [0.2, 0.25) is 5.02 Å². The fourth-order valence-electron chi connectivity index (χ4n) is 3.31. The minimum atomic E-state index is -0.172. The van der Waals surface area contributed by atoms with Crippen molar-refractivity contribution in [3.63, 3.8) is 0 Å². The van der Waals surface area contributed by atoms with Crippen LogP contribution in [0.15, 0.2) is 71.7 Å². The summed E-state index contributed by atoms with van der Waals surface area (Å²) in [4.78, 5) is 21.9. The summed E-state index contributed by atoms with van der Waals surface area (Å²) >= 11 is 6.10. The molecule has 136 valence electrons. The van der Waals surface area contributed by atoms with E-state index in [-0.39, 0.29) is 5.56 Å². The number of fused-ring (bicyclic) bond motifs is 1. The predicted molar refractivity (Wildman–Crippen MR) is 111 cm³/mol. The molecule has 5 heteroatoms. The van der Waals surface area contributed by atoms with Crippen LogP contribution < -0.4 is 5.56 Å². The van der Waals surface area contributed by atoms with Gasteiger partial charge in [-0.2, -0.15) is 0 Å². The molecule has 2 aromatic carbocycles. The molecule has 0 bridgehead atoms. The fourth-order valence-corrected chi connectivity index (χ4v) is 3.56. The highest BCUT2D eigenvalue weighted by Gasteiger charge is 2.09. The SMILES string of the molecule is O=c1[nH]c(CCCN2C=CC(c3ccccc3)=CC2)nc2cccc(Cl)c12. The second-order valence-corrected chi connectivity index (χ2v) is 6.99. The van der Waals surface area contributed by atoms with E-state index < -0.39 is 0 Å². The van der Waals surface area contributed by atoms with Gasteiger partial charge in [0.1, 0.15) is 5.82 Å². The minimum Gasteiger partial charge on any atom is -0.374 e. The van der Waals surface area contributed by atoms with Gasteiger partial charge in [-0.25, -0.2) is 4.98 Å². The van der Waals surface area contributed by atoms with Crippen molar-refractivity contribution in [3.05, 3.63) is 93.6 Å². The summed E-state index contributed by atoms with van der Waals surface area (Å²) in [7, 11) is 0. The zero-order valence-corrected chi connectivity index (χ0v) is 15.6. The third-order valence-electron chi connectivity index (χ3n) is 4.71. The van der Waals surface area contributed by atoms with Crippen LogP contribution in [0.3, 0.4) is 0 Å². The topological polar surface area (TPSA) is 49.0 Å². The predicted octanol–water partition coefficient (Wildman–Crippen LogP) is 4.42. The van der Waals surface area contributed by atoms with E-state index in [4.69, 9.17) is 11.6 Å². The first-order valence-corrected chi connectivity index (χ1v) is 9.44. The molecule has 1 N–H and O–H groups in total. The summed E-state index contributed by atoms with van der Waals surface area (Å²) in [5.74, 6) is 0.705. The first-order valence-electron chi connectivity index (χ1n) is 9.06. The Morgan fingerprint density at radius 1 is 1.11 bits per heavy atom. The van der Waals surface area contributed by atoms with E-state index >= 15 is 0 Å². The Morgan fingerprint density at radius 2 is 1.96 bits per heavy atom. The summed E-state index contributed by atoms with van der Waals surface area (Å²) in [6.45, 7) is 1.80. The standard InChI is InChI=1S/C22H20ClN3O/c23-18-8-4-9-19-21(18)22(27)25-20(24-19)10-5-13-26-14-11-17(12-15-26)16-6-2-1-3-7-16/h1-4,6-9,11-12,14H,5,10,13,15H2,(H,24,25,27). The van der Waals surface area contributed by atoms with Crippen LogP contribution in [0.4, 0.5) is 0 Å². The molecule has 0 saturated carbocycles. The van der Waals surface area contributed by atoms with Crippen LogP contribution in [0.25, 0.3) is 16.5 Å². The highest BCUT2D eigenvalue weighted by molar-refractivity contribution is 6.35. The van der Waals surface area contributed by atoms with Crippen molar-refractivity contribution >= 4 is 28.1 Å². The number of nitrogens with zero attached hydrogens (tertiary/aromatic N) is 2. The molecule has 0 spiro atoms. The zero-order chi connectivity index (χ0) is 18.6. The number of allylic oxidation sites excluding steroid dienone is 2. The molecule has 4 rings (SSSR count). The first-order chi connectivity index (χ1) is 13.2. The first kappa shape index (κ1) is 17.6. The number of hydrogen-bond acceptors (Lipinski definition) is 3. The molecule has 0 amide bonds. The van der Waals surface area contributed by atoms with Gasteiger partial charge >= 0.3 is 0 Å². The van der Waals surface area contributed by atoms with Crippen LogP contribution in [0, 0.1) is 0 Å². The van der Waals surface area contributed by atoms with Gasteiger partial charge in [0.25, 0.3) is 5.56 Å². The zero-order valence-electron chi connectivity index (χ0n) is 14.9. The number of aromatic amines is 1. The maximum Gasteiger partial charge on any atom is 0.260 e. The van der Waals surface area contributed by atoms with Crippen LogP contribution in [0.5, 0.6) is 0 Å². The third kappa shape index (κ3) is 3.96. The van der Waals surface area contributed by atoms with Crippen molar-refractivity contribution < 1.29 is 0 Å². The summed E-state index contributed by atoms with van der Waals surface area (Å²) < 4.78 is 0. The normalized spacial score (nSPS) is 13.8. The summed E-state index contributed by atoms with van der Waals surface area (Å²) in [5.41, 5.74) is 2.97. The minimum absolute atomic E-state index is 0.172. The Balaban J connectivity index is 1.36. The van der Waals surface area contributed by atoms with E-state index in [1.807, 2.05) is 18.2 Å². The van der Waals surface area contributed by atoms with E-state index in [0.717, 1.165) is 25.9 Å². The molecular formula is C22H20ClN3O. The van der Waals surface area contributed by atoms with Crippen LogP contribution in [0.1, 0.15) is 17.8 Å². The molecule has 4 nitrogen and oxygen atoms in total. The molecule has 0 fully saturated rings. The van der Waals surface area contributed by atoms with E-state index in [0.29, 0.717) is 21.7 Å². The van der Waals surface area contributed by atoms with Crippen molar-refractivity contribution in [1.82, 2.24) is 14.9 Å². The van der Waals surface area contributed by atoms with Crippen molar-refractivity contribution in [2.45, 2.75) is 12.8 Å². The van der Waals surface area contributed by atoms with Gasteiger partial charge in [0.05, 0.1) is 15.9 Å². The summed E-state index contributed by atoms with van der Waals surface area (Å²) in [6.07, 6.45) is 8.16. The Labute approximate surface area is 162 Å². The number of aromatic nitrogens is 2. The molecular weight excluding hydrogens is 358 g/mol. The summed E-state index contributed by atoms with van der Waals surface area (Å²) in [6, 6.07) is 15.7. The highest BCUT2D eigenvalue weighted by atomic mass is 35.5. The number of nitrogens with one attached hydrogen (secondary N) is 1. The van der Waals surface area contributed by atoms with Gasteiger partial charge in [-0.3, -0.25) is 4.79 Å². The maximum absolute atomic E-state index is 12.2. The van der Waals surface area contributed by atoms with Gasteiger partial charge in [-0.05, 0) is 42.0 Å². The number of halogens is 1. The average molecular weight is 378 g/mol. The molecule has 1 aliphatic heterocycles. The lowest BCUT2D eigenvalue weighted by Gasteiger charge is -2.22. The van der Waals surface area contributed by atoms with Gasteiger partial charge in [-0.1, -0.05) is 54.1 Å². The van der Waals surface area contributed by atoms with E-state index in [9.17, 15) is 4.79 Å². The molecule has 0 radical (unpaired) electrons. The largest absolute Gasteiger partial charge is 0.374 e.